The molecule has 25 heavy (non-hydrogen) atoms. The molecule has 4 nitrogen and oxygen atoms in total. The van der Waals surface area contributed by atoms with Crippen molar-refractivity contribution in [1.82, 2.24) is 0 Å². The third-order valence-electron chi connectivity index (χ3n) is 4.06. The summed E-state index contributed by atoms with van der Waals surface area (Å²) in [4.78, 5) is 24.5. The van der Waals surface area contributed by atoms with E-state index in [2.05, 4.69) is 10.6 Å². The fraction of sp³-hybridized carbons (Fsp3) is 0.300. The van der Waals surface area contributed by atoms with Crippen LogP contribution in [0.2, 0.25) is 5.02 Å². The summed E-state index contributed by atoms with van der Waals surface area (Å²) in [7, 11) is 0. The van der Waals surface area contributed by atoms with E-state index in [9.17, 15) is 9.59 Å². The van der Waals surface area contributed by atoms with Crippen molar-refractivity contribution in [2.75, 3.05) is 10.6 Å². The van der Waals surface area contributed by atoms with Crippen LogP contribution in [0.4, 0.5) is 11.4 Å². The monoisotopic (exact) mass is 358 g/mol. The molecule has 0 aliphatic heterocycles. The Morgan fingerprint density at radius 3 is 2.16 bits per heavy atom. The van der Waals surface area contributed by atoms with Crippen molar-refractivity contribution < 1.29 is 9.59 Å². The summed E-state index contributed by atoms with van der Waals surface area (Å²) >= 11 is 5.95. The van der Waals surface area contributed by atoms with Gasteiger partial charge in [0.05, 0.1) is 0 Å². The highest BCUT2D eigenvalue weighted by Crippen LogP contribution is 2.23. The minimum atomic E-state index is -0.366. The van der Waals surface area contributed by atoms with Gasteiger partial charge in [-0.1, -0.05) is 49.7 Å². The number of halogens is 1. The van der Waals surface area contributed by atoms with E-state index in [1.165, 1.54) is 0 Å². The van der Waals surface area contributed by atoms with Gasteiger partial charge in [0.1, 0.15) is 6.42 Å². The highest BCUT2D eigenvalue weighted by molar-refractivity contribution is 6.31. The van der Waals surface area contributed by atoms with Crippen molar-refractivity contribution >= 4 is 34.8 Å². The Labute approximate surface area is 153 Å². The molecule has 0 saturated heterocycles. The van der Waals surface area contributed by atoms with Crippen LogP contribution < -0.4 is 10.6 Å². The molecule has 5 heteroatoms. The van der Waals surface area contributed by atoms with Gasteiger partial charge < -0.3 is 10.6 Å². The smallest absolute Gasteiger partial charge is 0.233 e. The average molecular weight is 359 g/mol. The van der Waals surface area contributed by atoms with Gasteiger partial charge in [-0.25, -0.2) is 0 Å². The molecule has 2 rings (SSSR count). The second-order valence-corrected chi connectivity index (χ2v) is 6.33. The van der Waals surface area contributed by atoms with Crippen LogP contribution in [-0.4, -0.2) is 11.8 Å². The first kappa shape index (κ1) is 19.0. The lowest BCUT2D eigenvalue weighted by Gasteiger charge is -2.14. The number of amides is 2. The molecule has 132 valence electrons. The summed E-state index contributed by atoms with van der Waals surface area (Å²) in [5.41, 5.74) is 4.47. The number of para-hydroxylation sites is 1. The molecule has 0 aliphatic carbocycles. The van der Waals surface area contributed by atoms with Crippen molar-refractivity contribution in [3.8, 4) is 0 Å². The molecule has 0 aliphatic rings. The molecule has 2 aromatic carbocycles. The van der Waals surface area contributed by atoms with Crippen LogP contribution in [0.15, 0.2) is 36.4 Å². The van der Waals surface area contributed by atoms with Gasteiger partial charge in [-0.2, -0.15) is 0 Å². The van der Waals surface area contributed by atoms with Gasteiger partial charge in [-0.15, -0.1) is 0 Å². The Balaban J connectivity index is 2.05. The second kappa shape index (κ2) is 8.67. The largest absolute Gasteiger partial charge is 0.325 e. The molecule has 0 radical (unpaired) electrons. The van der Waals surface area contributed by atoms with Gasteiger partial charge in [-0.05, 0) is 48.6 Å². The number of rotatable bonds is 6. The lowest BCUT2D eigenvalue weighted by molar-refractivity contribution is -0.123. The molecular formula is C20H23ClN2O2. The van der Waals surface area contributed by atoms with Gasteiger partial charge in [0.2, 0.25) is 11.8 Å². The minimum absolute atomic E-state index is 0.243. The number of benzene rings is 2. The average Bonchev–Trinajstić information content (AvgIpc) is 2.58. The first-order valence-corrected chi connectivity index (χ1v) is 8.79. The van der Waals surface area contributed by atoms with Crippen molar-refractivity contribution in [2.45, 2.75) is 40.0 Å². The molecule has 0 atom stereocenters. The summed E-state index contributed by atoms with van der Waals surface area (Å²) < 4.78 is 0. The van der Waals surface area contributed by atoms with Crippen LogP contribution in [-0.2, 0) is 22.4 Å². The van der Waals surface area contributed by atoms with Crippen LogP contribution in [0.3, 0.4) is 0 Å². The van der Waals surface area contributed by atoms with Gasteiger partial charge in [0.25, 0.3) is 0 Å². The van der Waals surface area contributed by atoms with E-state index >= 15 is 0 Å². The molecular weight excluding hydrogens is 336 g/mol. The third-order valence-corrected chi connectivity index (χ3v) is 4.29. The molecule has 0 spiro atoms. The summed E-state index contributed by atoms with van der Waals surface area (Å²) in [6.07, 6.45) is 1.39. The van der Waals surface area contributed by atoms with Gasteiger partial charge in [-0.3, -0.25) is 9.59 Å². The summed E-state index contributed by atoms with van der Waals surface area (Å²) in [6, 6.07) is 11.2. The standard InChI is InChI=1S/C20H23ClN2O2/c1-4-14-7-6-8-15(5-2)20(14)23-19(25)12-18(24)22-17-11-16(21)10-9-13(17)3/h6-11H,4-5,12H2,1-3H3,(H,22,24)(H,23,25). The van der Waals surface area contributed by atoms with Crippen molar-refractivity contribution in [3.05, 3.63) is 58.1 Å². The van der Waals surface area contributed by atoms with Crippen molar-refractivity contribution in [2.24, 2.45) is 0 Å². The first-order valence-electron chi connectivity index (χ1n) is 8.41. The summed E-state index contributed by atoms with van der Waals surface area (Å²) in [5.74, 6) is -0.692. The quantitative estimate of drug-likeness (QED) is 0.732. The SMILES string of the molecule is CCc1cccc(CC)c1NC(=O)CC(=O)Nc1cc(Cl)ccc1C. The molecule has 0 saturated carbocycles. The van der Waals surface area contributed by atoms with E-state index in [0.29, 0.717) is 10.7 Å². The van der Waals surface area contributed by atoms with Crippen LogP contribution in [0.5, 0.6) is 0 Å². The van der Waals surface area contributed by atoms with E-state index in [-0.39, 0.29) is 18.2 Å². The van der Waals surface area contributed by atoms with E-state index in [4.69, 9.17) is 11.6 Å². The molecule has 2 N–H and O–H groups in total. The third kappa shape index (κ3) is 5.07. The molecule has 0 heterocycles. The van der Waals surface area contributed by atoms with E-state index in [1.807, 2.05) is 45.0 Å². The zero-order valence-corrected chi connectivity index (χ0v) is 15.5. The van der Waals surface area contributed by atoms with E-state index in [1.54, 1.807) is 12.1 Å². The first-order chi connectivity index (χ1) is 11.9. The molecule has 0 fully saturated rings. The van der Waals surface area contributed by atoms with Crippen LogP contribution in [0, 0.1) is 6.92 Å². The Morgan fingerprint density at radius 1 is 0.960 bits per heavy atom. The second-order valence-electron chi connectivity index (χ2n) is 5.89. The van der Waals surface area contributed by atoms with Crippen molar-refractivity contribution in [1.29, 1.82) is 0 Å². The highest BCUT2D eigenvalue weighted by atomic mass is 35.5. The number of nitrogens with one attached hydrogen (secondary N) is 2. The van der Waals surface area contributed by atoms with Crippen LogP contribution in [0.1, 0.15) is 37.0 Å². The lowest BCUT2D eigenvalue weighted by Crippen LogP contribution is -2.22. The van der Waals surface area contributed by atoms with Crippen molar-refractivity contribution in [3.63, 3.8) is 0 Å². The van der Waals surface area contributed by atoms with Gasteiger partial charge >= 0.3 is 0 Å². The van der Waals surface area contributed by atoms with Gasteiger partial charge in [0.15, 0.2) is 0 Å². The summed E-state index contributed by atoms with van der Waals surface area (Å²) in [6.45, 7) is 5.95. The lowest BCUT2D eigenvalue weighted by atomic mass is 10.0. The number of aryl methyl sites for hydroxylation is 3. The Bertz CT molecular complexity index is 765. The zero-order valence-electron chi connectivity index (χ0n) is 14.8. The Hall–Kier alpha value is -2.33. The number of hydrogen-bond acceptors (Lipinski definition) is 2. The number of carbonyl (C=O) groups is 2. The molecule has 2 amide bonds. The number of anilines is 2. The fourth-order valence-electron chi connectivity index (χ4n) is 2.66. The van der Waals surface area contributed by atoms with E-state index < -0.39 is 0 Å². The van der Waals surface area contributed by atoms with Gasteiger partial charge in [0, 0.05) is 16.4 Å². The molecule has 0 unspecified atom stereocenters. The summed E-state index contributed by atoms with van der Waals surface area (Å²) in [5, 5.41) is 6.18. The maximum absolute atomic E-state index is 12.3. The topological polar surface area (TPSA) is 58.2 Å². The molecule has 2 aromatic rings. The normalized spacial score (nSPS) is 10.4. The zero-order chi connectivity index (χ0) is 18.4. The predicted molar refractivity (Wildman–Crippen MR) is 103 cm³/mol. The number of carbonyl (C=O) groups excluding carboxylic acids is 2. The Kier molecular flexibility index (Phi) is 6.59. The minimum Gasteiger partial charge on any atom is -0.325 e. The van der Waals surface area contributed by atoms with E-state index in [0.717, 1.165) is 35.2 Å². The highest BCUT2D eigenvalue weighted by Gasteiger charge is 2.14. The molecule has 0 bridgehead atoms. The predicted octanol–water partition coefficient (Wildman–Crippen LogP) is 4.74. The maximum Gasteiger partial charge on any atom is 0.233 e. The Morgan fingerprint density at radius 2 is 1.56 bits per heavy atom. The van der Waals surface area contributed by atoms with Crippen LogP contribution in [0.25, 0.3) is 0 Å². The number of hydrogen-bond donors (Lipinski definition) is 2. The molecule has 0 aromatic heterocycles. The maximum atomic E-state index is 12.3. The van der Waals surface area contributed by atoms with Crippen LogP contribution >= 0.6 is 11.6 Å². The fourth-order valence-corrected chi connectivity index (χ4v) is 2.83.